The fourth-order valence-electron chi connectivity index (χ4n) is 2.05. The predicted octanol–water partition coefficient (Wildman–Crippen LogP) is 2.57. The van der Waals surface area contributed by atoms with Crippen LogP contribution in [0.1, 0.15) is 37.0 Å². The molecule has 0 saturated heterocycles. The minimum Gasteiger partial charge on any atom is -0.478 e. The molecule has 0 amide bonds. The summed E-state index contributed by atoms with van der Waals surface area (Å²) < 4.78 is 0. The van der Waals surface area contributed by atoms with Crippen molar-refractivity contribution in [2.75, 3.05) is 11.1 Å². The van der Waals surface area contributed by atoms with Crippen LogP contribution in [0.4, 0.5) is 11.4 Å². The zero-order valence-electron chi connectivity index (χ0n) is 10.2. The Labute approximate surface area is 101 Å². The van der Waals surface area contributed by atoms with E-state index in [1.165, 1.54) is 18.9 Å². The molecule has 1 fully saturated rings. The fourth-order valence-corrected chi connectivity index (χ4v) is 2.05. The number of hydrogen-bond donors (Lipinski definition) is 3. The van der Waals surface area contributed by atoms with Crippen LogP contribution in [0.2, 0.25) is 0 Å². The van der Waals surface area contributed by atoms with Crippen LogP contribution in [0, 0.1) is 5.92 Å². The van der Waals surface area contributed by atoms with Crippen molar-refractivity contribution in [2.24, 2.45) is 5.92 Å². The van der Waals surface area contributed by atoms with E-state index in [0.717, 1.165) is 0 Å². The highest BCUT2D eigenvalue weighted by atomic mass is 16.4. The Morgan fingerprint density at radius 1 is 1.47 bits per heavy atom. The molecule has 17 heavy (non-hydrogen) atoms. The molecule has 2 rings (SSSR count). The van der Waals surface area contributed by atoms with Crippen LogP contribution in [0.25, 0.3) is 0 Å². The van der Waals surface area contributed by atoms with E-state index in [4.69, 9.17) is 10.8 Å². The minimum atomic E-state index is -0.933. The van der Waals surface area contributed by atoms with Gasteiger partial charge in [0.25, 0.3) is 0 Å². The van der Waals surface area contributed by atoms with Crippen molar-refractivity contribution in [1.82, 2.24) is 0 Å². The largest absolute Gasteiger partial charge is 0.478 e. The number of carbonyl (C=O) groups is 1. The zero-order chi connectivity index (χ0) is 12.6. The molecule has 0 aliphatic heterocycles. The van der Waals surface area contributed by atoms with Crippen molar-refractivity contribution >= 4 is 17.3 Å². The number of rotatable bonds is 4. The third kappa shape index (κ3) is 2.52. The normalized spacial score (nSPS) is 15.6. The van der Waals surface area contributed by atoms with E-state index in [9.17, 15) is 4.79 Å². The van der Waals surface area contributed by atoms with Gasteiger partial charge in [-0.1, -0.05) is 0 Å². The third-order valence-electron chi connectivity index (χ3n) is 3.36. The van der Waals surface area contributed by atoms with Crippen LogP contribution in [-0.2, 0) is 0 Å². The number of benzene rings is 1. The average molecular weight is 234 g/mol. The highest BCUT2D eigenvalue weighted by molar-refractivity contribution is 5.90. The fraction of sp³-hybridized carbons (Fsp3) is 0.462. The summed E-state index contributed by atoms with van der Waals surface area (Å²) in [6.45, 7) is 4.25. The SMILES string of the molecule is CC(C)(Nc1cc(C(=O)O)ccc1N)C1CC1. The lowest BCUT2D eigenvalue weighted by molar-refractivity contribution is 0.0697. The van der Waals surface area contributed by atoms with Crippen molar-refractivity contribution in [3.8, 4) is 0 Å². The Kier molecular flexibility index (Phi) is 2.73. The summed E-state index contributed by atoms with van der Waals surface area (Å²) in [7, 11) is 0. The number of nitrogen functional groups attached to an aromatic ring is 1. The number of nitrogens with one attached hydrogen (secondary N) is 1. The molecule has 92 valence electrons. The van der Waals surface area contributed by atoms with Gasteiger partial charge in [-0.3, -0.25) is 0 Å². The van der Waals surface area contributed by atoms with Gasteiger partial charge in [-0.2, -0.15) is 0 Å². The van der Waals surface area contributed by atoms with Crippen molar-refractivity contribution in [3.63, 3.8) is 0 Å². The molecule has 1 aromatic carbocycles. The Bertz CT molecular complexity index is 451. The van der Waals surface area contributed by atoms with E-state index in [1.54, 1.807) is 12.1 Å². The van der Waals surface area contributed by atoms with Crippen LogP contribution < -0.4 is 11.1 Å². The van der Waals surface area contributed by atoms with Gasteiger partial charge in [0.1, 0.15) is 0 Å². The van der Waals surface area contributed by atoms with Gasteiger partial charge in [-0.15, -0.1) is 0 Å². The summed E-state index contributed by atoms with van der Waals surface area (Å²) in [5.41, 5.74) is 7.38. The van der Waals surface area contributed by atoms with Crippen molar-refractivity contribution in [3.05, 3.63) is 23.8 Å². The lowest BCUT2D eigenvalue weighted by atomic mass is 9.98. The summed E-state index contributed by atoms with van der Waals surface area (Å²) >= 11 is 0. The van der Waals surface area contributed by atoms with Crippen molar-refractivity contribution < 1.29 is 9.90 Å². The first kappa shape index (κ1) is 11.8. The van der Waals surface area contributed by atoms with E-state index >= 15 is 0 Å². The Morgan fingerprint density at radius 3 is 2.65 bits per heavy atom. The van der Waals surface area contributed by atoms with Gasteiger partial charge < -0.3 is 16.2 Å². The van der Waals surface area contributed by atoms with E-state index < -0.39 is 5.97 Å². The summed E-state index contributed by atoms with van der Waals surface area (Å²) in [6, 6.07) is 4.75. The molecule has 1 aliphatic carbocycles. The Morgan fingerprint density at radius 2 is 2.12 bits per heavy atom. The van der Waals surface area contributed by atoms with Crippen LogP contribution in [-0.4, -0.2) is 16.6 Å². The summed E-state index contributed by atoms with van der Waals surface area (Å²) in [4.78, 5) is 10.9. The summed E-state index contributed by atoms with van der Waals surface area (Å²) in [6.07, 6.45) is 2.44. The molecule has 4 nitrogen and oxygen atoms in total. The van der Waals surface area contributed by atoms with Gasteiger partial charge in [0.05, 0.1) is 16.9 Å². The number of anilines is 2. The van der Waals surface area contributed by atoms with Crippen molar-refractivity contribution in [2.45, 2.75) is 32.2 Å². The summed E-state index contributed by atoms with van der Waals surface area (Å²) in [5, 5.41) is 12.3. The van der Waals surface area contributed by atoms with E-state index in [1.807, 2.05) is 0 Å². The smallest absolute Gasteiger partial charge is 0.335 e. The van der Waals surface area contributed by atoms with Gasteiger partial charge in [-0.05, 0) is 50.8 Å². The second-order valence-corrected chi connectivity index (χ2v) is 5.23. The van der Waals surface area contributed by atoms with Gasteiger partial charge >= 0.3 is 5.97 Å². The van der Waals surface area contributed by atoms with Crippen LogP contribution in [0.15, 0.2) is 18.2 Å². The maximum atomic E-state index is 10.9. The van der Waals surface area contributed by atoms with Gasteiger partial charge in [0.15, 0.2) is 0 Å². The maximum absolute atomic E-state index is 10.9. The Balaban J connectivity index is 2.24. The first-order valence-electron chi connectivity index (χ1n) is 5.81. The molecule has 1 aromatic rings. The molecule has 0 unspecified atom stereocenters. The standard InChI is InChI=1S/C13H18N2O2/c1-13(2,9-4-5-9)15-11-7-8(12(16)17)3-6-10(11)14/h3,6-7,9,15H,4-5,14H2,1-2H3,(H,16,17). The predicted molar refractivity (Wildman–Crippen MR) is 68.2 cm³/mol. The van der Waals surface area contributed by atoms with Crippen molar-refractivity contribution in [1.29, 1.82) is 0 Å². The highest BCUT2D eigenvalue weighted by Crippen LogP contribution is 2.41. The first-order chi connectivity index (χ1) is 7.90. The molecule has 1 aliphatic rings. The number of carboxylic acid groups (broad SMARTS) is 1. The number of hydrogen-bond acceptors (Lipinski definition) is 3. The van der Waals surface area contributed by atoms with Gasteiger partial charge in [0.2, 0.25) is 0 Å². The van der Waals surface area contributed by atoms with E-state index in [2.05, 4.69) is 19.2 Å². The van der Waals surface area contributed by atoms with Crippen LogP contribution >= 0.6 is 0 Å². The molecule has 4 heteroatoms. The third-order valence-corrected chi connectivity index (χ3v) is 3.36. The molecule has 0 spiro atoms. The van der Waals surface area contributed by atoms with E-state index in [0.29, 0.717) is 17.3 Å². The zero-order valence-corrected chi connectivity index (χ0v) is 10.2. The quantitative estimate of drug-likeness (QED) is 0.700. The van der Waals surface area contributed by atoms with Gasteiger partial charge in [0, 0.05) is 5.54 Å². The molecule has 0 heterocycles. The lowest BCUT2D eigenvalue weighted by Gasteiger charge is -2.28. The molecule has 1 saturated carbocycles. The molecule has 0 bridgehead atoms. The molecule has 0 radical (unpaired) electrons. The monoisotopic (exact) mass is 234 g/mol. The van der Waals surface area contributed by atoms with Crippen LogP contribution in [0.5, 0.6) is 0 Å². The van der Waals surface area contributed by atoms with Crippen LogP contribution in [0.3, 0.4) is 0 Å². The second-order valence-electron chi connectivity index (χ2n) is 5.23. The topological polar surface area (TPSA) is 75.3 Å². The molecule has 0 atom stereocenters. The average Bonchev–Trinajstić information content (AvgIpc) is 3.04. The molecular weight excluding hydrogens is 216 g/mol. The molecule has 4 N–H and O–H groups in total. The summed E-state index contributed by atoms with van der Waals surface area (Å²) in [5.74, 6) is -0.285. The molecular formula is C13H18N2O2. The first-order valence-corrected chi connectivity index (χ1v) is 5.81. The maximum Gasteiger partial charge on any atom is 0.335 e. The second kappa shape index (κ2) is 3.95. The number of aromatic carboxylic acids is 1. The number of nitrogens with two attached hydrogens (primary N) is 1. The lowest BCUT2D eigenvalue weighted by Crippen LogP contribution is -2.33. The van der Waals surface area contributed by atoms with Gasteiger partial charge in [-0.25, -0.2) is 4.79 Å². The highest BCUT2D eigenvalue weighted by Gasteiger charge is 2.37. The number of carboxylic acids is 1. The van der Waals surface area contributed by atoms with E-state index in [-0.39, 0.29) is 11.1 Å². The molecule has 0 aromatic heterocycles. The Hall–Kier alpha value is -1.71. The minimum absolute atomic E-state index is 0.0365.